The maximum absolute atomic E-state index is 5.73. The Balaban J connectivity index is 1.95. The van der Waals surface area contributed by atoms with E-state index < -0.39 is 0 Å². The Kier molecular flexibility index (Phi) is 4.79. The number of hydrogen-bond donors (Lipinski definition) is 1. The second-order valence-corrected chi connectivity index (χ2v) is 5.58. The lowest BCUT2D eigenvalue weighted by Crippen LogP contribution is -2.32. The van der Waals surface area contributed by atoms with Crippen molar-refractivity contribution in [2.45, 2.75) is 32.9 Å². The molecule has 0 spiro atoms. The van der Waals surface area contributed by atoms with Crippen LogP contribution in [0.3, 0.4) is 0 Å². The fourth-order valence-corrected chi connectivity index (χ4v) is 2.25. The average Bonchev–Trinajstić information content (AvgIpc) is 2.82. The summed E-state index contributed by atoms with van der Waals surface area (Å²) in [7, 11) is 1.96. The highest BCUT2D eigenvalue weighted by atomic mass is 15.2. The van der Waals surface area contributed by atoms with Gasteiger partial charge in [0.25, 0.3) is 0 Å². The van der Waals surface area contributed by atoms with Crippen LogP contribution in [0.4, 0.5) is 5.69 Å². The number of nitrogen functional groups attached to an aromatic ring is 1. The SMILES string of the molecule is CC(C)N(CCc1cnn(C)c1)Cc1ccc(N)cc1. The molecular weight excluding hydrogens is 248 g/mol. The highest BCUT2D eigenvalue weighted by molar-refractivity contribution is 5.39. The van der Waals surface area contributed by atoms with Gasteiger partial charge < -0.3 is 5.73 Å². The summed E-state index contributed by atoms with van der Waals surface area (Å²) in [6, 6.07) is 8.66. The van der Waals surface area contributed by atoms with Gasteiger partial charge in [-0.2, -0.15) is 5.10 Å². The van der Waals surface area contributed by atoms with Gasteiger partial charge in [-0.05, 0) is 43.5 Å². The Morgan fingerprint density at radius 1 is 1.20 bits per heavy atom. The molecule has 0 atom stereocenters. The molecule has 0 aliphatic rings. The fourth-order valence-electron chi connectivity index (χ4n) is 2.25. The molecule has 1 heterocycles. The van der Waals surface area contributed by atoms with Crippen LogP contribution < -0.4 is 5.73 Å². The van der Waals surface area contributed by atoms with Crippen LogP contribution in [0, 0.1) is 0 Å². The Bertz CT molecular complexity index is 528. The minimum Gasteiger partial charge on any atom is -0.399 e. The van der Waals surface area contributed by atoms with Crippen LogP contribution in [-0.2, 0) is 20.0 Å². The molecule has 1 aromatic carbocycles. The van der Waals surface area contributed by atoms with E-state index in [0.29, 0.717) is 6.04 Å². The molecule has 0 radical (unpaired) electrons. The second kappa shape index (κ2) is 6.57. The fraction of sp³-hybridized carbons (Fsp3) is 0.438. The molecule has 0 unspecified atom stereocenters. The van der Waals surface area contributed by atoms with E-state index >= 15 is 0 Å². The number of nitrogens with zero attached hydrogens (tertiary/aromatic N) is 3. The number of hydrogen-bond acceptors (Lipinski definition) is 3. The molecule has 0 bridgehead atoms. The van der Waals surface area contributed by atoms with E-state index in [4.69, 9.17) is 5.73 Å². The first kappa shape index (κ1) is 14.6. The van der Waals surface area contributed by atoms with Crippen LogP contribution in [0.5, 0.6) is 0 Å². The average molecular weight is 272 g/mol. The molecule has 4 nitrogen and oxygen atoms in total. The molecule has 20 heavy (non-hydrogen) atoms. The summed E-state index contributed by atoms with van der Waals surface area (Å²) < 4.78 is 1.86. The summed E-state index contributed by atoms with van der Waals surface area (Å²) in [6.07, 6.45) is 5.06. The zero-order chi connectivity index (χ0) is 14.5. The first-order valence-corrected chi connectivity index (χ1v) is 7.10. The van der Waals surface area contributed by atoms with Crippen molar-refractivity contribution in [3.05, 3.63) is 47.8 Å². The zero-order valence-corrected chi connectivity index (χ0v) is 12.6. The van der Waals surface area contributed by atoms with E-state index in [9.17, 15) is 0 Å². The normalized spacial score (nSPS) is 11.4. The third-order valence-electron chi connectivity index (χ3n) is 3.54. The molecular formula is C16H24N4. The standard InChI is InChI=1S/C16H24N4/c1-13(2)20(9-8-15-10-18-19(3)11-15)12-14-4-6-16(17)7-5-14/h4-7,10-11,13H,8-9,12,17H2,1-3H3. The number of aryl methyl sites for hydroxylation is 1. The topological polar surface area (TPSA) is 47.1 Å². The van der Waals surface area contributed by atoms with E-state index in [1.54, 1.807) is 0 Å². The second-order valence-electron chi connectivity index (χ2n) is 5.58. The monoisotopic (exact) mass is 272 g/mol. The van der Waals surface area contributed by atoms with Gasteiger partial charge in [0.2, 0.25) is 0 Å². The van der Waals surface area contributed by atoms with E-state index in [1.165, 1.54) is 11.1 Å². The van der Waals surface area contributed by atoms with Crippen molar-refractivity contribution in [2.75, 3.05) is 12.3 Å². The Hall–Kier alpha value is -1.81. The molecule has 2 aromatic rings. The van der Waals surface area contributed by atoms with Crippen LogP contribution in [0.15, 0.2) is 36.7 Å². The van der Waals surface area contributed by atoms with Crippen molar-refractivity contribution in [2.24, 2.45) is 7.05 Å². The van der Waals surface area contributed by atoms with Crippen molar-refractivity contribution in [1.82, 2.24) is 14.7 Å². The van der Waals surface area contributed by atoms with Gasteiger partial charge in [-0.15, -0.1) is 0 Å². The summed E-state index contributed by atoms with van der Waals surface area (Å²) in [4.78, 5) is 2.47. The molecule has 0 aliphatic heterocycles. The lowest BCUT2D eigenvalue weighted by atomic mass is 10.1. The molecule has 1 aromatic heterocycles. The molecule has 0 fully saturated rings. The maximum Gasteiger partial charge on any atom is 0.0522 e. The van der Waals surface area contributed by atoms with Crippen molar-refractivity contribution < 1.29 is 0 Å². The Labute approximate surface area is 121 Å². The van der Waals surface area contributed by atoms with Crippen LogP contribution in [0.2, 0.25) is 0 Å². The van der Waals surface area contributed by atoms with Gasteiger partial charge in [-0.3, -0.25) is 9.58 Å². The third kappa shape index (κ3) is 4.10. The number of anilines is 1. The van der Waals surface area contributed by atoms with Gasteiger partial charge in [0.05, 0.1) is 6.20 Å². The first-order chi connectivity index (χ1) is 9.54. The highest BCUT2D eigenvalue weighted by Crippen LogP contribution is 2.12. The van der Waals surface area contributed by atoms with Gasteiger partial charge in [-0.25, -0.2) is 0 Å². The quantitative estimate of drug-likeness (QED) is 0.822. The lowest BCUT2D eigenvalue weighted by molar-refractivity contribution is 0.215. The minimum atomic E-state index is 0.518. The molecule has 0 aliphatic carbocycles. The Morgan fingerprint density at radius 2 is 1.90 bits per heavy atom. The molecule has 0 saturated heterocycles. The van der Waals surface area contributed by atoms with E-state index in [0.717, 1.165) is 25.2 Å². The molecule has 2 N–H and O–H groups in total. The first-order valence-electron chi connectivity index (χ1n) is 7.10. The van der Waals surface area contributed by atoms with Crippen LogP contribution >= 0.6 is 0 Å². The Morgan fingerprint density at radius 3 is 2.45 bits per heavy atom. The van der Waals surface area contributed by atoms with Gasteiger partial charge in [0.15, 0.2) is 0 Å². The lowest BCUT2D eigenvalue weighted by Gasteiger charge is -2.26. The number of aromatic nitrogens is 2. The zero-order valence-electron chi connectivity index (χ0n) is 12.6. The number of nitrogens with two attached hydrogens (primary N) is 1. The summed E-state index contributed by atoms with van der Waals surface area (Å²) >= 11 is 0. The number of benzene rings is 1. The van der Waals surface area contributed by atoms with Crippen LogP contribution in [0.1, 0.15) is 25.0 Å². The van der Waals surface area contributed by atoms with Gasteiger partial charge in [0, 0.05) is 38.1 Å². The van der Waals surface area contributed by atoms with E-state index in [-0.39, 0.29) is 0 Å². The molecule has 4 heteroatoms. The maximum atomic E-state index is 5.73. The van der Waals surface area contributed by atoms with Crippen molar-refractivity contribution in [1.29, 1.82) is 0 Å². The predicted molar refractivity (Wildman–Crippen MR) is 83.3 cm³/mol. The summed E-state index contributed by atoms with van der Waals surface area (Å²) in [5.41, 5.74) is 9.14. The summed E-state index contributed by atoms with van der Waals surface area (Å²) in [5.74, 6) is 0. The van der Waals surface area contributed by atoms with Crippen molar-refractivity contribution >= 4 is 5.69 Å². The molecule has 0 saturated carbocycles. The van der Waals surface area contributed by atoms with Crippen molar-refractivity contribution in [3.63, 3.8) is 0 Å². The van der Waals surface area contributed by atoms with E-state index in [2.05, 4.69) is 42.2 Å². The highest BCUT2D eigenvalue weighted by Gasteiger charge is 2.10. The minimum absolute atomic E-state index is 0.518. The van der Waals surface area contributed by atoms with Crippen LogP contribution in [0.25, 0.3) is 0 Å². The van der Waals surface area contributed by atoms with Gasteiger partial charge in [0.1, 0.15) is 0 Å². The van der Waals surface area contributed by atoms with Crippen molar-refractivity contribution in [3.8, 4) is 0 Å². The summed E-state index contributed by atoms with van der Waals surface area (Å²) in [6.45, 7) is 6.47. The van der Waals surface area contributed by atoms with Gasteiger partial charge in [-0.1, -0.05) is 12.1 Å². The van der Waals surface area contributed by atoms with Gasteiger partial charge >= 0.3 is 0 Å². The molecule has 0 amide bonds. The largest absolute Gasteiger partial charge is 0.399 e. The van der Waals surface area contributed by atoms with E-state index in [1.807, 2.05) is 30.1 Å². The van der Waals surface area contributed by atoms with Crippen LogP contribution in [-0.4, -0.2) is 27.3 Å². The summed E-state index contributed by atoms with van der Waals surface area (Å²) in [5, 5.41) is 4.22. The smallest absolute Gasteiger partial charge is 0.0522 e. The molecule has 2 rings (SSSR count). The number of rotatable bonds is 6. The third-order valence-corrected chi connectivity index (χ3v) is 3.54. The molecule has 108 valence electrons. The predicted octanol–water partition coefficient (Wildman–Crippen LogP) is 2.46.